The molecule has 0 spiro atoms. The van der Waals surface area contributed by atoms with Gasteiger partial charge in [0.2, 0.25) is 0 Å². The summed E-state index contributed by atoms with van der Waals surface area (Å²) in [6, 6.07) is 24.7. The maximum atomic E-state index is 10.2. The molecule has 0 heterocycles. The van der Waals surface area contributed by atoms with Gasteiger partial charge in [-0.3, -0.25) is 12.6 Å². The Morgan fingerprint density at radius 3 is 0.667 bits per heavy atom. The third-order valence-electron chi connectivity index (χ3n) is 2.81. The van der Waals surface area contributed by atoms with E-state index in [0.717, 1.165) is 0 Å². The molecule has 3 rings (SSSR count). The predicted molar refractivity (Wildman–Crippen MR) is 101 cm³/mol. The van der Waals surface area contributed by atoms with Crippen molar-refractivity contribution in [2.45, 2.75) is 14.7 Å². The topological polar surface area (TPSA) is 120 Å². The molecule has 3 aromatic carbocycles. The molecule has 0 amide bonds. The number of hydrogen-bond donors (Lipinski definition) is 0. The molecule has 6 nitrogen and oxygen atoms in total. The van der Waals surface area contributed by atoms with Gasteiger partial charge < -0.3 is 13.7 Å². The summed E-state index contributed by atoms with van der Waals surface area (Å²) in [5, 5.41) is 0. The fourth-order valence-corrected chi connectivity index (χ4v) is 2.73. The Morgan fingerprint density at radius 1 is 0.400 bits per heavy atom. The van der Waals surface area contributed by atoms with Gasteiger partial charge in [-0.1, -0.05) is 54.6 Å². The number of rotatable bonds is 3. The second-order valence-corrected chi connectivity index (χ2v) is 7.47. The summed E-state index contributed by atoms with van der Waals surface area (Å²) in [5.74, 6) is 0. The average molecular weight is 492 g/mol. The van der Waals surface area contributed by atoms with E-state index in [1.807, 2.05) is 0 Å². The van der Waals surface area contributed by atoms with E-state index in [9.17, 15) is 26.3 Å². The van der Waals surface area contributed by atoms with Gasteiger partial charge in [0, 0.05) is 14.7 Å². The van der Waals surface area contributed by atoms with E-state index in [0.29, 0.717) is 14.7 Å². The van der Waals surface area contributed by atoms with Crippen molar-refractivity contribution in [3.05, 3.63) is 91.0 Å². The summed E-state index contributed by atoms with van der Waals surface area (Å²) < 4.78 is 61.2. The normalized spacial score (nSPS) is 11.7. The molecular formula is C18H15Na3O6S3. The molecule has 0 aliphatic heterocycles. The minimum Gasteiger partial charge on any atom is -0.768 e. The predicted octanol–water partition coefficient (Wildman–Crippen LogP) is -6.21. The van der Waals surface area contributed by atoms with E-state index in [4.69, 9.17) is 0 Å². The minimum atomic E-state index is -2.08. The molecule has 0 aliphatic rings. The Morgan fingerprint density at radius 2 is 0.567 bits per heavy atom. The molecule has 0 fully saturated rings. The fourth-order valence-electron chi connectivity index (χ4n) is 1.59. The van der Waals surface area contributed by atoms with Crippen LogP contribution in [0, 0.1) is 0 Å². The number of benzene rings is 3. The van der Waals surface area contributed by atoms with Crippen molar-refractivity contribution in [1.82, 2.24) is 0 Å². The van der Waals surface area contributed by atoms with Crippen LogP contribution in [0.4, 0.5) is 0 Å². The summed E-state index contributed by atoms with van der Waals surface area (Å²) in [6.07, 6.45) is 0. The van der Waals surface area contributed by atoms with Crippen LogP contribution in [-0.2, 0) is 33.2 Å². The molecule has 12 heteroatoms. The van der Waals surface area contributed by atoms with Gasteiger partial charge in [0.1, 0.15) is 0 Å². The first kappa shape index (κ1) is 35.6. The maximum absolute atomic E-state index is 10.2. The molecule has 30 heavy (non-hydrogen) atoms. The molecule has 144 valence electrons. The molecule has 0 N–H and O–H groups in total. The molecule has 0 bridgehead atoms. The standard InChI is InChI=1S/3C6H6O2S.3Na/c3*7-9(8)6-4-2-1-3-5-6;;;/h3*1-5H,(H,7,8);;;/q;;;3*+1/p-3. The Kier molecular flexibility index (Phi) is 25.9. The molecule has 3 unspecified atom stereocenters. The van der Waals surface area contributed by atoms with E-state index in [1.54, 1.807) is 91.0 Å². The van der Waals surface area contributed by atoms with Crippen LogP contribution in [0.15, 0.2) is 106 Å². The maximum Gasteiger partial charge on any atom is 1.00 e. The third-order valence-corrected chi connectivity index (χ3v) is 4.78. The van der Waals surface area contributed by atoms with Gasteiger partial charge in [0.15, 0.2) is 0 Å². The summed E-state index contributed by atoms with van der Waals surface area (Å²) in [4.78, 5) is 0.993. The molecular weight excluding hydrogens is 477 g/mol. The SMILES string of the molecule is O=S([O-])c1ccccc1.O=S([O-])c1ccccc1.O=S([O-])c1ccccc1.[Na+].[Na+].[Na+]. The van der Waals surface area contributed by atoms with Gasteiger partial charge in [-0.15, -0.1) is 0 Å². The Balaban J connectivity index is -0.000000347. The third kappa shape index (κ3) is 16.6. The molecule has 0 aliphatic carbocycles. The average Bonchev–Trinajstić information content (AvgIpc) is 2.71. The summed E-state index contributed by atoms with van der Waals surface area (Å²) in [5.41, 5.74) is 0. The second-order valence-electron chi connectivity index (χ2n) is 4.64. The molecule has 0 aromatic heterocycles. The van der Waals surface area contributed by atoms with Crippen molar-refractivity contribution in [1.29, 1.82) is 0 Å². The van der Waals surface area contributed by atoms with Crippen molar-refractivity contribution >= 4 is 33.2 Å². The first-order valence-electron chi connectivity index (χ1n) is 7.34. The monoisotopic (exact) mass is 492 g/mol. The quantitative estimate of drug-likeness (QED) is 0.265. The first-order chi connectivity index (χ1) is 12.9. The summed E-state index contributed by atoms with van der Waals surface area (Å²) >= 11 is -6.24. The van der Waals surface area contributed by atoms with E-state index in [2.05, 4.69) is 0 Å². The largest absolute Gasteiger partial charge is 1.00 e. The van der Waals surface area contributed by atoms with Gasteiger partial charge in [-0.05, 0) is 69.6 Å². The van der Waals surface area contributed by atoms with Crippen LogP contribution in [-0.4, -0.2) is 26.3 Å². The summed E-state index contributed by atoms with van der Waals surface area (Å²) in [7, 11) is 0. The van der Waals surface area contributed by atoms with Crippen LogP contribution in [0.3, 0.4) is 0 Å². The van der Waals surface area contributed by atoms with Crippen molar-refractivity contribution < 1.29 is 115 Å². The van der Waals surface area contributed by atoms with Crippen molar-refractivity contribution in [2.24, 2.45) is 0 Å². The molecule has 3 atom stereocenters. The van der Waals surface area contributed by atoms with Gasteiger partial charge in [0.05, 0.1) is 0 Å². The zero-order chi connectivity index (χ0) is 20.1. The van der Waals surface area contributed by atoms with Gasteiger partial charge in [-0.25, -0.2) is 0 Å². The van der Waals surface area contributed by atoms with Crippen LogP contribution in [0.25, 0.3) is 0 Å². The van der Waals surface area contributed by atoms with Crippen LogP contribution < -0.4 is 88.7 Å². The fraction of sp³-hybridized carbons (Fsp3) is 0. The van der Waals surface area contributed by atoms with Crippen LogP contribution in [0.2, 0.25) is 0 Å². The summed E-state index contributed by atoms with van der Waals surface area (Å²) in [6.45, 7) is 0. The molecule has 3 aromatic rings. The smallest absolute Gasteiger partial charge is 0.768 e. The second kappa shape index (κ2) is 21.8. The van der Waals surface area contributed by atoms with E-state index >= 15 is 0 Å². The molecule has 0 saturated carbocycles. The molecule has 0 radical (unpaired) electrons. The van der Waals surface area contributed by atoms with E-state index in [-0.39, 0.29) is 88.7 Å². The van der Waals surface area contributed by atoms with Crippen molar-refractivity contribution in [3.8, 4) is 0 Å². The van der Waals surface area contributed by atoms with Gasteiger partial charge in [-0.2, -0.15) is 0 Å². The molecule has 0 saturated heterocycles. The van der Waals surface area contributed by atoms with E-state index in [1.165, 1.54) is 0 Å². The zero-order valence-electron chi connectivity index (χ0n) is 16.8. The van der Waals surface area contributed by atoms with Crippen LogP contribution in [0.5, 0.6) is 0 Å². The Hall–Kier alpha value is 0.990. The Bertz CT molecular complexity index is 754. The van der Waals surface area contributed by atoms with Gasteiger partial charge >= 0.3 is 88.7 Å². The first-order valence-corrected chi connectivity index (χ1v) is 10.6. The van der Waals surface area contributed by atoms with Crippen molar-refractivity contribution in [3.63, 3.8) is 0 Å². The minimum absolute atomic E-state index is 0. The van der Waals surface area contributed by atoms with Crippen LogP contribution >= 0.6 is 0 Å². The number of hydrogen-bond acceptors (Lipinski definition) is 6. The van der Waals surface area contributed by atoms with Crippen molar-refractivity contribution in [2.75, 3.05) is 0 Å². The Labute approximate surface area is 250 Å². The van der Waals surface area contributed by atoms with Gasteiger partial charge in [0.25, 0.3) is 0 Å². The van der Waals surface area contributed by atoms with Crippen LogP contribution in [0.1, 0.15) is 0 Å². The van der Waals surface area contributed by atoms with E-state index < -0.39 is 33.2 Å². The zero-order valence-corrected chi connectivity index (χ0v) is 25.3.